The van der Waals surface area contributed by atoms with Crippen molar-refractivity contribution in [3.05, 3.63) is 334 Å². The molecule has 0 aliphatic carbocycles. The first-order valence-electron chi connectivity index (χ1n) is 27.7. The fourth-order valence-corrected chi connectivity index (χ4v) is 17.5. The van der Waals surface area contributed by atoms with Gasteiger partial charge in [0.2, 0.25) is 0 Å². The molecule has 0 saturated heterocycles. The lowest BCUT2D eigenvalue weighted by atomic mass is 9.77. The minimum absolute atomic E-state index is 1.10. The molecule has 0 heterocycles. The molecule has 1 nitrogen and oxygen atoms in total. The van der Waals surface area contributed by atoms with Crippen LogP contribution >= 0.6 is 0 Å². The zero-order valence-electron chi connectivity index (χ0n) is 44.2. The normalized spacial score (nSPS) is 11.5. The molecule has 0 unspecified atom stereocenters. The Kier molecular flexibility index (Phi) is 12.7. The van der Waals surface area contributed by atoms with Gasteiger partial charge in [-0.25, -0.2) is 0 Å². The van der Waals surface area contributed by atoms with E-state index in [1.54, 1.807) is 0 Å². The lowest BCUT2D eigenvalue weighted by molar-refractivity contribution is 1.29. The second kappa shape index (κ2) is 21.0. The summed E-state index contributed by atoms with van der Waals surface area (Å²) in [6.07, 6.45) is 0. The lowest BCUT2D eigenvalue weighted by Crippen LogP contribution is -2.74. The van der Waals surface area contributed by atoms with Crippen LogP contribution in [0.4, 0.5) is 17.1 Å². The van der Waals surface area contributed by atoms with E-state index in [4.69, 9.17) is 0 Å². The number of benzene rings is 14. The molecule has 0 radical (unpaired) electrons. The van der Waals surface area contributed by atoms with Gasteiger partial charge in [-0.3, -0.25) is 0 Å². The van der Waals surface area contributed by atoms with Crippen molar-refractivity contribution in [1.82, 2.24) is 0 Å². The van der Waals surface area contributed by atoms with Crippen LogP contribution in [0.25, 0.3) is 88.0 Å². The molecule has 0 saturated carbocycles. The van der Waals surface area contributed by atoms with Crippen LogP contribution in [0.5, 0.6) is 0 Å². The Labute approximate surface area is 469 Å². The van der Waals surface area contributed by atoms with E-state index in [1.807, 2.05) is 0 Å². The molecule has 2 heteroatoms. The predicted molar refractivity (Wildman–Crippen MR) is 344 cm³/mol. The van der Waals surface area contributed by atoms with Crippen LogP contribution < -0.4 is 25.6 Å². The summed E-state index contributed by atoms with van der Waals surface area (Å²) in [7, 11) is -2.80. The zero-order valence-corrected chi connectivity index (χ0v) is 45.2. The molecule has 80 heavy (non-hydrogen) atoms. The van der Waals surface area contributed by atoms with Gasteiger partial charge in [-0.15, -0.1) is 0 Å². The van der Waals surface area contributed by atoms with Crippen LogP contribution in [0.15, 0.2) is 334 Å². The smallest absolute Gasteiger partial charge is 0.179 e. The number of nitrogens with zero attached hydrogens (tertiary/aromatic N) is 1. The molecule has 0 fully saturated rings. The fraction of sp³-hybridized carbons (Fsp3) is 0. The number of hydrogen-bond acceptors (Lipinski definition) is 1. The highest BCUT2D eigenvalue weighted by Gasteiger charge is 2.41. The molecular weight excluding hydrogens is 979 g/mol. The van der Waals surface area contributed by atoms with E-state index in [9.17, 15) is 0 Å². The lowest BCUT2D eigenvalue weighted by Gasteiger charge is -2.35. The topological polar surface area (TPSA) is 3.24 Å². The van der Waals surface area contributed by atoms with Crippen LogP contribution in [0.1, 0.15) is 0 Å². The van der Waals surface area contributed by atoms with Gasteiger partial charge < -0.3 is 4.90 Å². The van der Waals surface area contributed by atoms with Crippen molar-refractivity contribution in [3.8, 4) is 55.6 Å². The van der Waals surface area contributed by atoms with E-state index < -0.39 is 8.07 Å². The van der Waals surface area contributed by atoms with E-state index in [1.165, 1.54) is 109 Å². The van der Waals surface area contributed by atoms with Gasteiger partial charge in [0.1, 0.15) is 0 Å². The minimum atomic E-state index is -2.80. The van der Waals surface area contributed by atoms with Gasteiger partial charge in [0.05, 0.1) is 0 Å². The molecule has 0 aromatic heterocycles. The van der Waals surface area contributed by atoms with Crippen molar-refractivity contribution in [2.24, 2.45) is 0 Å². The summed E-state index contributed by atoms with van der Waals surface area (Å²) < 4.78 is 0. The van der Waals surface area contributed by atoms with Gasteiger partial charge in [-0.05, 0) is 151 Å². The van der Waals surface area contributed by atoms with Gasteiger partial charge in [0.25, 0.3) is 0 Å². The third kappa shape index (κ3) is 8.51. The van der Waals surface area contributed by atoms with E-state index in [-0.39, 0.29) is 0 Å². The zero-order chi connectivity index (χ0) is 53.2. The molecular formula is C78H55NSi. The first-order valence-corrected chi connectivity index (χ1v) is 29.7. The standard InChI is InChI=1S/C78H55NSi/c1-9-27-56(28-10-1)74-73-46-26-45-72(78(73)77(59-33-15-4-16-34-59)76(58-31-13-3-14-32-58)75(74)57-29-11-2-12-30-57)61-49-51-70-60(53-61)47-48-62-54-65(50-52-71(62)70)79(63-35-17-5-18-36-63)64-37-25-44-69(55-64)80(66-38-19-6-20-39-66,67-40-21-7-22-41-67)68-42-23-8-24-43-68/h1-55H. The SMILES string of the molecule is c1ccc(-c2c(-c3ccccc3)c(-c3ccccc3)c3c(-c4ccc5c(ccc6cc(N(c7ccccc7)c7cccc([Si](c8ccccc8)(c8ccccc8)c8ccccc8)c7)ccc65)c4)cccc3c2-c2ccccc2)cc1. The molecule has 14 rings (SSSR count). The molecule has 0 spiro atoms. The van der Waals surface area contributed by atoms with Crippen molar-refractivity contribution in [2.45, 2.75) is 0 Å². The summed E-state index contributed by atoms with van der Waals surface area (Å²) in [5, 5.41) is 12.7. The van der Waals surface area contributed by atoms with Crippen LogP contribution in [0.2, 0.25) is 0 Å². The Morgan fingerprint density at radius 1 is 0.212 bits per heavy atom. The van der Waals surface area contributed by atoms with Crippen molar-refractivity contribution in [2.75, 3.05) is 4.90 Å². The third-order valence-electron chi connectivity index (χ3n) is 16.1. The van der Waals surface area contributed by atoms with Gasteiger partial charge in [0.15, 0.2) is 8.07 Å². The maximum absolute atomic E-state index is 2.80. The number of hydrogen-bond donors (Lipinski definition) is 0. The van der Waals surface area contributed by atoms with Gasteiger partial charge >= 0.3 is 0 Å². The average molecular weight is 1030 g/mol. The van der Waals surface area contributed by atoms with Gasteiger partial charge in [-0.1, -0.05) is 291 Å². The molecule has 376 valence electrons. The van der Waals surface area contributed by atoms with Gasteiger partial charge in [-0.2, -0.15) is 0 Å². The fourth-order valence-electron chi connectivity index (χ4n) is 12.7. The summed E-state index contributed by atoms with van der Waals surface area (Å²) in [6.45, 7) is 0. The molecule has 0 aliphatic rings. The van der Waals surface area contributed by atoms with Crippen molar-refractivity contribution in [1.29, 1.82) is 0 Å². The summed E-state index contributed by atoms with van der Waals surface area (Å²) in [4.78, 5) is 2.43. The summed E-state index contributed by atoms with van der Waals surface area (Å²) in [6, 6.07) is 123. The van der Waals surface area contributed by atoms with Crippen molar-refractivity contribution < 1.29 is 0 Å². The maximum Gasteiger partial charge on any atom is 0.179 e. The molecule has 0 atom stereocenters. The summed E-state index contributed by atoms with van der Waals surface area (Å²) >= 11 is 0. The van der Waals surface area contributed by atoms with E-state index in [0.29, 0.717) is 0 Å². The summed E-state index contributed by atoms with van der Waals surface area (Å²) in [5.74, 6) is 0. The van der Waals surface area contributed by atoms with Crippen LogP contribution in [-0.2, 0) is 0 Å². The Morgan fingerprint density at radius 2 is 0.600 bits per heavy atom. The summed E-state index contributed by atoms with van der Waals surface area (Å²) in [5.41, 5.74) is 15.4. The Morgan fingerprint density at radius 3 is 1.12 bits per heavy atom. The Balaban J connectivity index is 0.942. The van der Waals surface area contributed by atoms with E-state index in [0.717, 1.165) is 17.1 Å². The predicted octanol–water partition coefficient (Wildman–Crippen LogP) is 18.3. The number of anilines is 3. The molecule has 0 bridgehead atoms. The third-order valence-corrected chi connectivity index (χ3v) is 20.9. The van der Waals surface area contributed by atoms with Crippen LogP contribution in [0, 0.1) is 0 Å². The quantitative estimate of drug-likeness (QED) is 0.0670. The largest absolute Gasteiger partial charge is 0.310 e. The highest BCUT2D eigenvalue weighted by Crippen LogP contribution is 2.53. The first-order chi connectivity index (χ1) is 39.7. The Bertz CT molecular complexity index is 4380. The minimum Gasteiger partial charge on any atom is -0.310 e. The maximum atomic E-state index is 2.46. The van der Waals surface area contributed by atoms with Crippen LogP contribution in [-0.4, -0.2) is 8.07 Å². The Hall–Kier alpha value is -10.1. The van der Waals surface area contributed by atoms with Crippen LogP contribution in [0.3, 0.4) is 0 Å². The molecule has 0 aliphatic heterocycles. The molecule has 0 N–H and O–H groups in total. The van der Waals surface area contributed by atoms with Gasteiger partial charge in [0, 0.05) is 17.1 Å². The highest BCUT2D eigenvalue weighted by atomic mass is 28.3. The second-order valence-electron chi connectivity index (χ2n) is 20.7. The number of rotatable bonds is 12. The molecule has 14 aromatic carbocycles. The number of para-hydroxylation sites is 1. The average Bonchev–Trinajstić information content (AvgIpc) is 3.67. The first kappa shape index (κ1) is 48.3. The van der Waals surface area contributed by atoms with E-state index >= 15 is 0 Å². The highest BCUT2D eigenvalue weighted by molar-refractivity contribution is 7.20. The van der Waals surface area contributed by atoms with Crippen molar-refractivity contribution in [3.63, 3.8) is 0 Å². The number of fused-ring (bicyclic) bond motifs is 4. The van der Waals surface area contributed by atoms with Crippen molar-refractivity contribution >= 4 is 78.2 Å². The molecule has 0 amide bonds. The molecule has 14 aromatic rings. The van der Waals surface area contributed by atoms with E-state index in [2.05, 4.69) is 339 Å². The monoisotopic (exact) mass is 1030 g/mol. The second-order valence-corrected chi connectivity index (χ2v) is 24.5.